The summed E-state index contributed by atoms with van der Waals surface area (Å²) in [5.74, 6) is 1.91. The molecule has 0 saturated carbocycles. The van der Waals surface area contributed by atoms with Crippen LogP contribution in [0.3, 0.4) is 0 Å². The fourth-order valence-electron chi connectivity index (χ4n) is 3.36. The van der Waals surface area contributed by atoms with E-state index >= 15 is 0 Å². The van der Waals surface area contributed by atoms with Crippen molar-refractivity contribution in [1.29, 1.82) is 0 Å². The monoisotopic (exact) mass is 349 g/mol. The van der Waals surface area contributed by atoms with E-state index < -0.39 is 0 Å². The smallest absolute Gasteiger partial charge is 0.194 e. The second-order valence-electron chi connectivity index (χ2n) is 7.48. The maximum Gasteiger partial charge on any atom is 0.194 e. The number of nitrogens with zero attached hydrogens (tertiary/aromatic N) is 4. The Morgan fingerprint density at radius 1 is 1.36 bits per heavy atom. The Balaban J connectivity index is 1.53. The minimum absolute atomic E-state index is 0.188. The number of piperazine rings is 1. The van der Waals surface area contributed by atoms with Crippen LogP contribution in [0.2, 0.25) is 0 Å². The third-order valence-corrected chi connectivity index (χ3v) is 4.98. The molecule has 7 heteroatoms. The number of aromatic nitrogens is 1. The van der Waals surface area contributed by atoms with Crippen LogP contribution in [0, 0.1) is 12.3 Å². The van der Waals surface area contributed by atoms with Crippen molar-refractivity contribution in [3.8, 4) is 0 Å². The van der Waals surface area contributed by atoms with Crippen molar-refractivity contribution in [2.45, 2.75) is 33.7 Å². The van der Waals surface area contributed by atoms with Crippen molar-refractivity contribution >= 4 is 5.96 Å². The normalized spacial score (nSPS) is 25.6. The van der Waals surface area contributed by atoms with Gasteiger partial charge in [-0.05, 0) is 20.3 Å². The fraction of sp³-hybridized carbons (Fsp3) is 0.778. The summed E-state index contributed by atoms with van der Waals surface area (Å²) < 4.78 is 10.7. The molecule has 3 rings (SSSR count). The minimum atomic E-state index is 0.188. The van der Waals surface area contributed by atoms with Crippen molar-refractivity contribution in [3.05, 3.63) is 17.5 Å². The van der Waals surface area contributed by atoms with Gasteiger partial charge in [0.2, 0.25) is 0 Å². The number of aliphatic imine (C=N–C) groups is 1. The highest BCUT2D eigenvalue weighted by atomic mass is 16.5. The molecule has 2 aliphatic heterocycles. The standard InChI is InChI=1S/C18H31N5O2/c1-4-19-17(20-13-18(3)5-10-24-14-18)23-8-6-22(7-9-23)12-16-11-15(2)25-21-16/h11H,4-10,12-14H2,1-3H3,(H,19,20). The van der Waals surface area contributed by atoms with Crippen molar-refractivity contribution in [1.82, 2.24) is 20.3 Å². The zero-order chi connectivity index (χ0) is 17.7. The first-order valence-corrected chi connectivity index (χ1v) is 9.33. The molecule has 2 saturated heterocycles. The van der Waals surface area contributed by atoms with Crippen LogP contribution >= 0.6 is 0 Å². The van der Waals surface area contributed by atoms with Crippen LogP contribution < -0.4 is 5.32 Å². The van der Waals surface area contributed by atoms with E-state index in [0.717, 1.165) is 82.9 Å². The third-order valence-electron chi connectivity index (χ3n) is 4.98. The van der Waals surface area contributed by atoms with E-state index in [1.807, 2.05) is 13.0 Å². The summed E-state index contributed by atoms with van der Waals surface area (Å²) in [6.45, 7) is 14.6. The Morgan fingerprint density at radius 2 is 2.16 bits per heavy atom. The molecule has 0 bridgehead atoms. The molecule has 25 heavy (non-hydrogen) atoms. The van der Waals surface area contributed by atoms with Crippen molar-refractivity contribution in [2.75, 3.05) is 52.5 Å². The Kier molecular flexibility index (Phi) is 5.96. The molecule has 1 N–H and O–H groups in total. The first-order chi connectivity index (χ1) is 12.1. The molecule has 2 fully saturated rings. The van der Waals surface area contributed by atoms with Gasteiger partial charge in [-0.25, -0.2) is 0 Å². The average molecular weight is 349 g/mol. The molecule has 3 heterocycles. The molecule has 0 aromatic carbocycles. The van der Waals surface area contributed by atoms with E-state index in [-0.39, 0.29) is 5.41 Å². The van der Waals surface area contributed by atoms with Gasteiger partial charge in [-0.15, -0.1) is 0 Å². The summed E-state index contributed by atoms with van der Waals surface area (Å²) in [6.07, 6.45) is 1.10. The molecule has 140 valence electrons. The minimum Gasteiger partial charge on any atom is -0.381 e. The molecule has 7 nitrogen and oxygen atoms in total. The summed E-state index contributed by atoms with van der Waals surface area (Å²) in [5, 5.41) is 7.55. The molecule has 2 aliphatic rings. The quantitative estimate of drug-likeness (QED) is 0.642. The SMILES string of the molecule is CCNC(=NCC1(C)CCOC1)N1CCN(Cc2cc(C)on2)CC1. The van der Waals surface area contributed by atoms with Crippen LogP contribution in [0.4, 0.5) is 0 Å². The van der Waals surface area contributed by atoms with Crippen LogP contribution in [0.15, 0.2) is 15.6 Å². The number of hydrogen-bond donors (Lipinski definition) is 1. The molecule has 1 aromatic rings. The second-order valence-corrected chi connectivity index (χ2v) is 7.48. The lowest BCUT2D eigenvalue weighted by Gasteiger charge is -2.36. The molecular formula is C18H31N5O2. The van der Waals surface area contributed by atoms with Crippen molar-refractivity contribution in [3.63, 3.8) is 0 Å². The largest absolute Gasteiger partial charge is 0.381 e. The lowest BCUT2D eigenvalue weighted by molar-refractivity contribution is 0.160. The second kappa shape index (κ2) is 8.19. The van der Waals surface area contributed by atoms with Gasteiger partial charge < -0.3 is 19.5 Å². The molecular weight excluding hydrogens is 318 g/mol. The lowest BCUT2D eigenvalue weighted by Crippen LogP contribution is -2.52. The van der Waals surface area contributed by atoms with Crippen LogP contribution in [0.25, 0.3) is 0 Å². The number of ether oxygens (including phenoxy) is 1. The predicted octanol–water partition coefficient (Wildman–Crippen LogP) is 1.49. The van der Waals surface area contributed by atoms with Gasteiger partial charge in [-0.2, -0.15) is 0 Å². The first kappa shape index (κ1) is 18.2. The van der Waals surface area contributed by atoms with Gasteiger partial charge >= 0.3 is 0 Å². The number of rotatable bonds is 5. The van der Waals surface area contributed by atoms with E-state index in [4.69, 9.17) is 14.3 Å². The van der Waals surface area contributed by atoms with Crippen molar-refractivity contribution in [2.24, 2.45) is 10.4 Å². The highest BCUT2D eigenvalue weighted by Crippen LogP contribution is 2.28. The molecule has 0 spiro atoms. The van der Waals surface area contributed by atoms with Gasteiger partial charge in [-0.3, -0.25) is 9.89 Å². The molecule has 0 aliphatic carbocycles. The summed E-state index contributed by atoms with van der Waals surface area (Å²) >= 11 is 0. The molecule has 1 atom stereocenters. The van der Waals surface area contributed by atoms with Gasteiger partial charge in [0.05, 0.1) is 18.8 Å². The maximum absolute atomic E-state index is 5.55. The fourth-order valence-corrected chi connectivity index (χ4v) is 3.36. The number of hydrogen-bond acceptors (Lipinski definition) is 5. The van der Waals surface area contributed by atoms with Gasteiger partial charge in [0.1, 0.15) is 5.76 Å². The lowest BCUT2D eigenvalue weighted by atomic mass is 9.90. The zero-order valence-corrected chi connectivity index (χ0v) is 15.8. The van der Waals surface area contributed by atoms with Crippen molar-refractivity contribution < 1.29 is 9.26 Å². The Labute approximate surface area is 150 Å². The summed E-state index contributed by atoms with van der Waals surface area (Å²) in [7, 11) is 0. The summed E-state index contributed by atoms with van der Waals surface area (Å²) in [4.78, 5) is 9.70. The predicted molar refractivity (Wildman–Crippen MR) is 97.6 cm³/mol. The Morgan fingerprint density at radius 3 is 2.76 bits per heavy atom. The van der Waals surface area contributed by atoms with E-state index in [9.17, 15) is 0 Å². The summed E-state index contributed by atoms with van der Waals surface area (Å²) in [6, 6.07) is 2.02. The topological polar surface area (TPSA) is 66.1 Å². The van der Waals surface area contributed by atoms with Crippen LogP contribution in [0.1, 0.15) is 31.7 Å². The molecule has 0 amide bonds. The Bertz CT molecular complexity index is 572. The van der Waals surface area contributed by atoms with Gasteiger partial charge in [0, 0.05) is 57.4 Å². The van der Waals surface area contributed by atoms with Gasteiger partial charge in [0.25, 0.3) is 0 Å². The zero-order valence-electron chi connectivity index (χ0n) is 15.8. The average Bonchev–Trinajstić information content (AvgIpc) is 3.21. The van der Waals surface area contributed by atoms with E-state index in [2.05, 4.69) is 34.1 Å². The number of nitrogens with one attached hydrogen (secondary N) is 1. The van der Waals surface area contributed by atoms with Crippen LogP contribution in [0.5, 0.6) is 0 Å². The Hall–Kier alpha value is -1.60. The summed E-state index contributed by atoms with van der Waals surface area (Å²) in [5.41, 5.74) is 1.20. The maximum atomic E-state index is 5.55. The number of aryl methyl sites for hydroxylation is 1. The van der Waals surface area contributed by atoms with Crippen LogP contribution in [-0.4, -0.2) is 73.4 Å². The van der Waals surface area contributed by atoms with E-state index in [1.54, 1.807) is 0 Å². The van der Waals surface area contributed by atoms with E-state index in [1.165, 1.54) is 0 Å². The van der Waals surface area contributed by atoms with E-state index in [0.29, 0.717) is 0 Å². The molecule has 0 radical (unpaired) electrons. The third kappa shape index (κ3) is 4.95. The molecule has 1 unspecified atom stereocenters. The first-order valence-electron chi connectivity index (χ1n) is 9.33. The molecule has 1 aromatic heterocycles. The van der Waals surface area contributed by atoms with Gasteiger partial charge in [-0.1, -0.05) is 12.1 Å². The highest BCUT2D eigenvalue weighted by molar-refractivity contribution is 5.80. The van der Waals surface area contributed by atoms with Crippen LogP contribution in [-0.2, 0) is 11.3 Å². The van der Waals surface area contributed by atoms with Gasteiger partial charge in [0.15, 0.2) is 5.96 Å². The highest BCUT2D eigenvalue weighted by Gasteiger charge is 2.30. The number of guanidine groups is 1.